The maximum Gasteiger partial charge on any atom is 0.193 e. The van der Waals surface area contributed by atoms with Crippen molar-refractivity contribution >= 4 is 11.6 Å². The summed E-state index contributed by atoms with van der Waals surface area (Å²) in [5.41, 5.74) is 6.88. The summed E-state index contributed by atoms with van der Waals surface area (Å²) >= 11 is 0. The number of anilines is 1. The number of benzene rings is 1. The molecule has 0 fully saturated rings. The molecule has 0 amide bonds. The van der Waals surface area contributed by atoms with E-state index in [1.807, 2.05) is 24.3 Å². The number of nitrogens with zero attached hydrogens (tertiary/aromatic N) is 2. The molecule has 0 spiro atoms. The average Bonchev–Trinajstić information content (AvgIpc) is 2.35. The molecule has 5 heteroatoms. The number of guanidine groups is 1. The predicted molar refractivity (Wildman–Crippen MR) is 85.4 cm³/mol. The van der Waals surface area contributed by atoms with E-state index < -0.39 is 0 Å². The first-order valence-corrected chi connectivity index (χ1v) is 6.68. The molecule has 20 heavy (non-hydrogen) atoms. The fraction of sp³-hybridized carbons (Fsp3) is 0.533. The number of hydrogen-bond acceptors (Lipinski definition) is 3. The largest absolute Gasteiger partial charge is 0.497 e. The van der Waals surface area contributed by atoms with Crippen LogP contribution in [-0.2, 0) is 0 Å². The number of ether oxygens (including phenoxy) is 1. The van der Waals surface area contributed by atoms with Crippen LogP contribution in [0.15, 0.2) is 29.3 Å². The molecule has 0 aromatic heterocycles. The van der Waals surface area contributed by atoms with Gasteiger partial charge in [0.25, 0.3) is 0 Å². The Morgan fingerprint density at radius 3 is 2.70 bits per heavy atom. The minimum Gasteiger partial charge on any atom is -0.497 e. The molecule has 0 heterocycles. The van der Waals surface area contributed by atoms with E-state index in [0.29, 0.717) is 12.5 Å². The third kappa shape index (κ3) is 5.93. The molecule has 1 aromatic carbocycles. The van der Waals surface area contributed by atoms with Crippen molar-refractivity contribution in [2.24, 2.45) is 16.1 Å². The topological polar surface area (TPSA) is 62.9 Å². The molecule has 0 bridgehead atoms. The smallest absolute Gasteiger partial charge is 0.193 e. The number of methoxy groups -OCH3 is 1. The van der Waals surface area contributed by atoms with Crippen LogP contribution in [0.3, 0.4) is 0 Å². The van der Waals surface area contributed by atoms with Crippen LogP contribution in [0.2, 0.25) is 0 Å². The Kier molecular flexibility index (Phi) is 5.82. The van der Waals surface area contributed by atoms with E-state index in [9.17, 15) is 0 Å². The standard InChI is InChI=1S/C15H26N4O/c1-15(2,11-19(3)4)10-17-14(16)18-12-7-6-8-13(9-12)20-5/h6-9H,10-11H2,1-5H3,(H3,16,17,18). The van der Waals surface area contributed by atoms with Gasteiger partial charge in [-0.05, 0) is 31.6 Å². The molecule has 1 rings (SSSR count). The van der Waals surface area contributed by atoms with Crippen molar-refractivity contribution in [1.82, 2.24) is 4.90 Å². The maximum atomic E-state index is 5.92. The van der Waals surface area contributed by atoms with Gasteiger partial charge < -0.3 is 20.7 Å². The summed E-state index contributed by atoms with van der Waals surface area (Å²) in [5, 5.41) is 3.08. The number of nitrogens with one attached hydrogen (secondary N) is 1. The first-order chi connectivity index (χ1) is 9.32. The minimum absolute atomic E-state index is 0.0875. The van der Waals surface area contributed by atoms with Crippen molar-refractivity contribution in [3.8, 4) is 5.75 Å². The van der Waals surface area contributed by atoms with Crippen LogP contribution in [0.4, 0.5) is 5.69 Å². The van der Waals surface area contributed by atoms with Crippen molar-refractivity contribution in [1.29, 1.82) is 0 Å². The van der Waals surface area contributed by atoms with E-state index in [0.717, 1.165) is 18.0 Å². The summed E-state index contributed by atoms with van der Waals surface area (Å²) in [6.07, 6.45) is 0. The Hall–Kier alpha value is -1.75. The summed E-state index contributed by atoms with van der Waals surface area (Å²) in [4.78, 5) is 6.57. The highest BCUT2D eigenvalue weighted by atomic mass is 16.5. The van der Waals surface area contributed by atoms with E-state index in [4.69, 9.17) is 10.5 Å². The summed E-state index contributed by atoms with van der Waals surface area (Å²) in [6.45, 7) is 5.99. The lowest BCUT2D eigenvalue weighted by molar-refractivity contribution is 0.249. The van der Waals surface area contributed by atoms with Gasteiger partial charge in [-0.1, -0.05) is 19.9 Å². The summed E-state index contributed by atoms with van der Waals surface area (Å²) in [5.74, 6) is 1.21. The quantitative estimate of drug-likeness (QED) is 0.617. The first kappa shape index (κ1) is 16.3. The molecule has 0 unspecified atom stereocenters. The molecule has 0 aliphatic carbocycles. The molecular weight excluding hydrogens is 252 g/mol. The van der Waals surface area contributed by atoms with Crippen LogP contribution in [0.25, 0.3) is 0 Å². The number of hydrogen-bond donors (Lipinski definition) is 2. The van der Waals surface area contributed by atoms with E-state index in [1.165, 1.54) is 0 Å². The summed E-state index contributed by atoms with van der Waals surface area (Å²) < 4.78 is 5.17. The fourth-order valence-electron chi connectivity index (χ4n) is 2.09. The van der Waals surface area contributed by atoms with Gasteiger partial charge >= 0.3 is 0 Å². The molecule has 0 atom stereocenters. The minimum atomic E-state index is 0.0875. The molecular formula is C15H26N4O. The molecule has 0 radical (unpaired) electrons. The van der Waals surface area contributed by atoms with Crippen molar-refractivity contribution < 1.29 is 4.74 Å². The first-order valence-electron chi connectivity index (χ1n) is 6.68. The number of nitrogens with two attached hydrogens (primary N) is 1. The second kappa shape index (κ2) is 7.14. The van der Waals surface area contributed by atoms with Crippen LogP contribution in [0.1, 0.15) is 13.8 Å². The predicted octanol–water partition coefficient (Wildman–Crippen LogP) is 2.01. The molecule has 112 valence electrons. The third-order valence-electron chi connectivity index (χ3n) is 2.76. The highest BCUT2D eigenvalue weighted by Crippen LogP contribution is 2.18. The van der Waals surface area contributed by atoms with E-state index >= 15 is 0 Å². The molecule has 5 nitrogen and oxygen atoms in total. The van der Waals surface area contributed by atoms with Gasteiger partial charge in [0.15, 0.2) is 5.96 Å². The van der Waals surface area contributed by atoms with Crippen molar-refractivity contribution in [2.75, 3.05) is 39.6 Å². The summed E-state index contributed by atoms with van der Waals surface area (Å²) in [7, 11) is 5.76. The normalized spacial score (nSPS) is 12.6. The van der Waals surface area contributed by atoms with Crippen molar-refractivity contribution in [2.45, 2.75) is 13.8 Å². The monoisotopic (exact) mass is 278 g/mol. The van der Waals surface area contributed by atoms with Gasteiger partial charge in [-0.25, -0.2) is 0 Å². The lowest BCUT2D eigenvalue weighted by Crippen LogP contribution is -2.32. The molecule has 0 saturated carbocycles. The second-order valence-electron chi connectivity index (χ2n) is 5.96. The van der Waals surface area contributed by atoms with Crippen molar-refractivity contribution in [3.63, 3.8) is 0 Å². The molecule has 0 aliphatic heterocycles. The Bertz CT molecular complexity index is 455. The van der Waals surface area contributed by atoms with Crippen LogP contribution in [-0.4, -0.2) is 45.2 Å². The lowest BCUT2D eigenvalue weighted by Gasteiger charge is -2.26. The SMILES string of the molecule is COc1cccc(NC(N)=NCC(C)(C)CN(C)C)c1. The zero-order chi connectivity index (χ0) is 15.2. The van der Waals surface area contributed by atoms with Crippen LogP contribution in [0, 0.1) is 5.41 Å². The zero-order valence-electron chi connectivity index (χ0n) is 13.1. The fourth-order valence-corrected chi connectivity index (χ4v) is 2.09. The van der Waals surface area contributed by atoms with E-state index in [2.05, 4.69) is 43.2 Å². The molecule has 1 aromatic rings. The van der Waals surface area contributed by atoms with Gasteiger partial charge in [-0.2, -0.15) is 0 Å². The van der Waals surface area contributed by atoms with E-state index in [1.54, 1.807) is 7.11 Å². The molecule has 0 aliphatic rings. The van der Waals surface area contributed by atoms with Gasteiger partial charge in [0.05, 0.1) is 7.11 Å². The van der Waals surface area contributed by atoms with Gasteiger partial charge in [0, 0.05) is 24.8 Å². The average molecular weight is 278 g/mol. The molecule has 3 N–H and O–H groups in total. The lowest BCUT2D eigenvalue weighted by atomic mass is 9.93. The van der Waals surface area contributed by atoms with Gasteiger partial charge in [-0.3, -0.25) is 4.99 Å². The highest BCUT2D eigenvalue weighted by molar-refractivity contribution is 5.92. The van der Waals surface area contributed by atoms with Gasteiger partial charge in [0.1, 0.15) is 5.75 Å². The Labute approximate surface area is 121 Å². The Morgan fingerprint density at radius 2 is 2.10 bits per heavy atom. The number of rotatable bonds is 6. The van der Waals surface area contributed by atoms with E-state index in [-0.39, 0.29) is 5.41 Å². The van der Waals surface area contributed by atoms with Crippen LogP contribution in [0.5, 0.6) is 5.75 Å². The zero-order valence-corrected chi connectivity index (χ0v) is 13.1. The second-order valence-corrected chi connectivity index (χ2v) is 5.96. The van der Waals surface area contributed by atoms with Gasteiger partial charge in [-0.15, -0.1) is 0 Å². The van der Waals surface area contributed by atoms with Crippen molar-refractivity contribution in [3.05, 3.63) is 24.3 Å². The number of aliphatic imine (C=N–C) groups is 1. The highest BCUT2D eigenvalue weighted by Gasteiger charge is 2.18. The van der Waals surface area contributed by atoms with Crippen LogP contribution < -0.4 is 15.8 Å². The Balaban J connectivity index is 2.61. The third-order valence-corrected chi connectivity index (χ3v) is 2.76. The maximum absolute atomic E-state index is 5.92. The summed E-state index contributed by atoms with van der Waals surface area (Å²) in [6, 6.07) is 7.60. The van der Waals surface area contributed by atoms with Gasteiger partial charge in [0.2, 0.25) is 0 Å². The Morgan fingerprint density at radius 1 is 1.40 bits per heavy atom. The molecule has 0 saturated heterocycles. The van der Waals surface area contributed by atoms with Crippen LogP contribution >= 0.6 is 0 Å².